The van der Waals surface area contributed by atoms with Gasteiger partial charge in [0.15, 0.2) is 0 Å². The zero-order valence-electron chi connectivity index (χ0n) is 10.5. The van der Waals surface area contributed by atoms with Crippen LogP contribution in [0, 0.1) is 0 Å². The van der Waals surface area contributed by atoms with Gasteiger partial charge in [0.05, 0.1) is 11.0 Å². The van der Waals surface area contributed by atoms with Crippen molar-refractivity contribution in [2.75, 3.05) is 0 Å². The molecule has 0 aliphatic heterocycles. The third-order valence-corrected chi connectivity index (χ3v) is 3.29. The van der Waals surface area contributed by atoms with Crippen molar-refractivity contribution in [1.29, 1.82) is 0 Å². The number of imidazole rings is 1. The van der Waals surface area contributed by atoms with E-state index < -0.39 is 0 Å². The van der Waals surface area contributed by atoms with E-state index in [1.54, 1.807) is 6.07 Å². The molecule has 0 atom stereocenters. The van der Waals surface area contributed by atoms with Crippen LogP contribution < -0.4 is 5.63 Å². The van der Waals surface area contributed by atoms with Crippen LogP contribution in [-0.2, 0) is 0 Å². The molecule has 0 spiro atoms. The van der Waals surface area contributed by atoms with E-state index >= 15 is 0 Å². The lowest BCUT2D eigenvalue weighted by Crippen LogP contribution is -1.94. The highest BCUT2D eigenvalue weighted by Gasteiger charge is 2.06. The number of nitrogens with zero attached hydrogens (tertiary/aromatic N) is 1. The normalized spacial score (nSPS) is 11.2. The Hall–Kier alpha value is -2.88. The van der Waals surface area contributed by atoms with Gasteiger partial charge in [-0.3, -0.25) is 0 Å². The number of H-pyrrole nitrogens is 1. The van der Waals surface area contributed by atoms with Crippen LogP contribution in [0.3, 0.4) is 0 Å². The minimum absolute atomic E-state index is 0.348. The number of benzene rings is 2. The van der Waals surface area contributed by atoms with Gasteiger partial charge >= 0.3 is 5.63 Å². The first-order valence-electron chi connectivity index (χ1n) is 6.29. The second kappa shape index (κ2) is 4.06. The number of rotatable bonds is 1. The van der Waals surface area contributed by atoms with Gasteiger partial charge in [-0.25, -0.2) is 9.78 Å². The van der Waals surface area contributed by atoms with E-state index in [0.29, 0.717) is 5.58 Å². The lowest BCUT2D eigenvalue weighted by Gasteiger charge is -1.99. The van der Waals surface area contributed by atoms with Crippen molar-refractivity contribution >= 4 is 22.0 Å². The van der Waals surface area contributed by atoms with E-state index in [4.69, 9.17) is 4.42 Å². The topological polar surface area (TPSA) is 58.9 Å². The lowest BCUT2D eigenvalue weighted by atomic mass is 10.1. The van der Waals surface area contributed by atoms with Gasteiger partial charge in [0.2, 0.25) is 0 Å². The summed E-state index contributed by atoms with van der Waals surface area (Å²) in [4.78, 5) is 19.1. The van der Waals surface area contributed by atoms with Crippen molar-refractivity contribution in [2.45, 2.75) is 0 Å². The molecule has 4 nitrogen and oxygen atoms in total. The Morgan fingerprint density at radius 3 is 2.75 bits per heavy atom. The molecule has 0 amide bonds. The Labute approximate surface area is 113 Å². The number of para-hydroxylation sites is 2. The smallest absolute Gasteiger partial charge is 0.336 e. The van der Waals surface area contributed by atoms with Crippen LogP contribution in [-0.4, -0.2) is 9.97 Å². The molecule has 0 radical (unpaired) electrons. The first kappa shape index (κ1) is 11.0. The molecule has 0 saturated heterocycles. The van der Waals surface area contributed by atoms with Gasteiger partial charge in [0.25, 0.3) is 0 Å². The Balaban J connectivity index is 1.94. The number of hydrogen-bond donors (Lipinski definition) is 1. The summed E-state index contributed by atoms with van der Waals surface area (Å²) < 4.78 is 5.20. The van der Waals surface area contributed by atoms with Gasteiger partial charge in [-0.05, 0) is 24.3 Å². The maximum atomic E-state index is 11.3. The molecule has 4 rings (SSSR count). The van der Waals surface area contributed by atoms with Gasteiger partial charge in [0, 0.05) is 17.0 Å². The van der Waals surface area contributed by atoms with E-state index in [2.05, 4.69) is 9.97 Å². The molecule has 4 aromatic rings. The Bertz CT molecular complexity index is 949. The molecule has 2 heterocycles. The molecule has 0 aliphatic rings. The predicted molar refractivity (Wildman–Crippen MR) is 77.6 cm³/mol. The van der Waals surface area contributed by atoms with Crippen LogP contribution >= 0.6 is 0 Å². The molecule has 20 heavy (non-hydrogen) atoms. The third-order valence-electron chi connectivity index (χ3n) is 3.29. The molecule has 0 unspecified atom stereocenters. The van der Waals surface area contributed by atoms with Crippen LogP contribution in [0.15, 0.2) is 63.8 Å². The fourth-order valence-corrected chi connectivity index (χ4v) is 2.30. The van der Waals surface area contributed by atoms with Crippen LogP contribution in [0.2, 0.25) is 0 Å². The van der Waals surface area contributed by atoms with Crippen molar-refractivity contribution in [3.8, 4) is 11.4 Å². The quantitative estimate of drug-likeness (QED) is 0.535. The van der Waals surface area contributed by atoms with E-state index in [1.807, 2.05) is 42.5 Å². The summed E-state index contributed by atoms with van der Waals surface area (Å²) in [5.41, 5.74) is 3.01. The minimum atomic E-state index is -0.348. The van der Waals surface area contributed by atoms with Crippen LogP contribution in [0.1, 0.15) is 0 Å². The van der Waals surface area contributed by atoms with Crippen molar-refractivity contribution in [1.82, 2.24) is 9.97 Å². The fraction of sp³-hybridized carbons (Fsp3) is 0. The molecule has 2 aromatic carbocycles. The number of fused-ring (bicyclic) bond motifs is 2. The van der Waals surface area contributed by atoms with Crippen LogP contribution in [0.25, 0.3) is 33.4 Å². The van der Waals surface area contributed by atoms with E-state index in [9.17, 15) is 4.79 Å². The van der Waals surface area contributed by atoms with E-state index in [-0.39, 0.29) is 5.63 Å². The van der Waals surface area contributed by atoms with Crippen molar-refractivity contribution in [2.24, 2.45) is 0 Å². The maximum Gasteiger partial charge on any atom is 0.336 e. The molecule has 0 saturated carbocycles. The average molecular weight is 262 g/mol. The second-order valence-electron chi connectivity index (χ2n) is 4.61. The summed E-state index contributed by atoms with van der Waals surface area (Å²) in [5, 5.41) is 0.893. The first-order chi connectivity index (χ1) is 9.79. The highest BCUT2D eigenvalue weighted by molar-refractivity contribution is 5.84. The summed E-state index contributed by atoms with van der Waals surface area (Å²) in [6.07, 6.45) is 0. The molecule has 1 N–H and O–H groups in total. The van der Waals surface area contributed by atoms with Crippen molar-refractivity contribution < 1.29 is 4.42 Å². The second-order valence-corrected chi connectivity index (χ2v) is 4.61. The van der Waals surface area contributed by atoms with Crippen LogP contribution in [0.4, 0.5) is 0 Å². The summed E-state index contributed by atoms with van der Waals surface area (Å²) in [5.74, 6) is 0.764. The van der Waals surface area contributed by atoms with Crippen LogP contribution in [0.5, 0.6) is 0 Å². The summed E-state index contributed by atoms with van der Waals surface area (Å²) in [7, 11) is 0. The number of aromatic amines is 1. The van der Waals surface area contributed by atoms with E-state index in [1.165, 1.54) is 6.07 Å². The highest BCUT2D eigenvalue weighted by Crippen LogP contribution is 2.23. The van der Waals surface area contributed by atoms with Gasteiger partial charge < -0.3 is 9.40 Å². The molecule has 96 valence electrons. The summed E-state index contributed by atoms with van der Waals surface area (Å²) in [6.45, 7) is 0. The zero-order chi connectivity index (χ0) is 13.5. The number of nitrogens with one attached hydrogen (secondary N) is 1. The maximum absolute atomic E-state index is 11.3. The SMILES string of the molecule is O=c1ccc2ccc(-c3nc4ccccc4[nH]3)cc2o1. The summed E-state index contributed by atoms with van der Waals surface area (Å²) >= 11 is 0. The van der Waals surface area contributed by atoms with Crippen molar-refractivity contribution in [3.05, 3.63) is 65.0 Å². The van der Waals surface area contributed by atoms with Gasteiger partial charge in [-0.1, -0.05) is 24.3 Å². The van der Waals surface area contributed by atoms with Gasteiger partial charge in [-0.2, -0.15) is 0 Å². The molecule has 0 bridgehead atoms. The number of aromatic nitrogens is 2. The molecule has 0 fully saturated rings. The third kappa shape index (κ3) is 1.70. The predicted octanol–water partition coefficient (Wildman–Crippen LogP) is 3.34. The molecule has 2 aromatic heterocycles. The summed E-state index contributed by atoms with van der Waals surface area (Å²) in [6, 6.07) is 16.7. The molecule has 0 aliphatic carbocycles. The zero-order valence-corrected chi connectivity index (χ0v) is 10.5. The van der Waals surface area contributed by atoms with Gasteiger partial charge in [0.1, 0.15) is 11.4 Å². The minimum Gasteiger partial charge on any atom is -0.423 e. The van der Waals surface area contributed by atoms with Crippen molar-refractivity contribution in [3.63, 3.8) is 0 Å². The monoisotopic (exact) mass is 262 g/mol. The Kier molecular flexibility index (Phi) is 2.23. The average Bonchev–Trinajstić information content (AvgIpc) is 2.90. The number of hydrogen-bond acceptors (Lipinski definition) is 3. The largest absolute Gasteiger partial charge is 0.423 e. The highest BCUT2D eigenvalue weighted by atomic mass is 16.4. The van der Waals surface area contributed by atoms with E-state index in [0.717, 1.165) is 27.8 Å². The lowest BCUT2D eigenvalue weighted by molar-refractivity contribution is 0.561. The molecular formula is C16H10N2O2. The Morgan fingerprint density at radius 1 is 1.00 bits per heavy atom. The molecular weight excluding hydrogens is 252 g/mol. The Morgan fingerprint density at radius 2 is 1.85 bits per heavy atom. The first-order valence-corrected chi connectivity index (χ1v) is 6.29. The molecule has 4 heteroatoms. The standard InChI is InChI=1S/C16H10N2O2/c19-15-8-7-10-5-6-11(9-14(10)20-15)16-17-12-3-1-2-4-13(12)18-16/h1-9H,(H,17,18). The fourth-order valence-electron chi connectivity index (χ4n) is 2.30. The van der Waals surface area contributed by atoms with Gasteiger partial charge in [-0.15, -0.1) is 0 Å².